The fourth-order valence-corrected chi connectivity index (χ4v) is 3.66. The van der Waals surface area contributed by atoms with Gasteiger partial charge in [-0.15, -0.1) is 0 Å². The van der Waals surface area contributed by atoms with Gasteiger partial charge in [-0.2, -0.15) is 0 Å². The molecule has 0 bridgehead atoms. The minimum absolute atomic E-state index is 0.165. The van der Waals surface area contributed by atoms with Crippen molar-refractivity contribution in [1.29, 1.82) is 0 Å². The predicted molar refractivity (Wildman–Crippen MR) is 64.6 cm³/mol. The molecule has 96 valence electrons. The van der Waals surface area contributed by atoms with E-state index >= 15 is 0 Å². The topological polar surface area (TPSA) is 43.8 Å². The number of aliphatic hydroxyl groups excluding tert-OH is 1. The van der Waals surface area contributed by atoms with Crippen LogP contribution in [0.25, 0.3) is 0 Å². The molecule has 1 saturated carbocycles. The molecule has 4 nitrogen and oxygen atoms in total. The third-order valence-corrected chi connectivity index (χ3v) is 4.63. The van der Waals surface area contributed by atoms with Gasteiger partial charge in [-0.1, -0.05) is 0 Å². The van der Waals surface area contributed by atoms with Gasteiger partial charge in [0.15, 0.2) is 0 Å². The third kappa shape index (κ3) is 1.78. The minimum atomic E-state index is -0.246. The fraction of sp³-hybridized carbons (Fsp3) is 0.923. The van der Waals surface area contributed by atoms with Gasteiger partial charge in [0.05, 0.1) is 6.61 Å². The molecular formula is C13H22N2O2. The molecule has 3 aliphatic rings. The van der Waals surface area contributed by atoms with E-state index in [1.54, 1.807) is 0 Å². The van der Waals surface area contributed by atoms with E-state index in [-0.39, 0.29) is 12.1 Å². The lowest BCUT2D eigenvalue weighted by atomic mass is 9.85. The smallest absolute Gasteiger partial charge is 0.243 e. The number of aliphatic hydroxyl groups is 1. The molecule has 4 heteroatoms. The van der Waals surface area contributed by atoms with Gasteiger partial charge < -0.3 is 10.0 Å². The molecule has 0 aromatic heterocycles. The summed E-state index contributed by atoms with van der Waals surface area (Å²) in [5, 5.41) is 9.15. The van der Waals surface area contributed by atoms with Crippen LogP contribution in [-0.2, 0) is 4.79 Å². The summed E-state index contributed by atoms with van der Waals surface area (Å²) < 4.78 is 0. The van der Waals surface area contributed by atoms with Crippen molar-refractivity contribution in [2.45, 2.75) is 50.1 Å². The Bertz CT molecular complexity index is 317. The highest BCUT2D eigenvalue weighted by molar-refractivity contribution is 5.88. The Morgan fingerprint density at radius 2 is 1.94 bits per heavy atom. The Morgan fingerprint density at radius 3 is 2.59 bits per heavy atom. The second kappa shape index (κ2) is 4.25. The molecule has 1 unspecified atom stereocenters. The van der Waals surface area contributed by atoms with Crippen LogP contribution in [0.2, 0.25) is 0 Å². The summed E-state index contributed by atoms with van der Waals surface area (Å²) in [4.78, 5) is 17.1. The SMILES string of the molecule is O=C1N(C2CC2)CCCC12CCCN2CCO. The normalized spacial score (nSPS) is 34.9. The molecule has 1 aliphatic carbocycles. The van der Waals surface area contributed by atoms with Gasteiger partial charge in [-0.25, -0.2) is 0 Å². The molecule has 1 amide bonds. The highest BCUT2D eigenvalue weighted by Gasteiger charge is 2.52. The second-order valence-electron chi connectivity index (χ2n) is 5.68. The van der Waals surface area contributed by atoms with Crippen LogP contribution in [0.3, 0.4) is 0 Å². The zero-order chi connectivity index (χ0) is 11.9. The van der Waals surface area contributed by atoms with E-state index in [1.807, 2.05) is 0 Å². The third-order valence-electron chi connectivity index (χ3n) is 4.63. The van der Waals surface area contributed by atoms with Gasteiger partial charge in [-0.05, 0) is 45.1 Å². The van der Waals surface area contributed by atoms with Crippen LogP contribution in [0, 0.1) is 0 Å². The number of rotatable bonds is 3. The lowest BCUT2D eigenvalue weighted by molar-refractivity contribution is -0.148. The number of piperidine rings is 1. The summed E-state index contributed by atoms with van der Waals surface area (Å²) in [6.45, 7) is 2.76. The van der Waals surface area contributed by atoms with Crippen LogP contribution in [0.5, 0.6) is 0 Å². The van der Waals surface area contributed by atoms with Crippen molar-refractivity contribution in [3.63, 3.8) is 0 Å². The maximum atomic E-state index is 12.7. The van der Waals surface area contributed by atoms with Crippen LogP contribution in [0.15, 0.2) is 0 Å². The van der Waals surface area contributed by atoms with E-state index in [4.69, 9.17) is 5.11 Å². The number of hydrogen-bond donors (Lipinski definition) is 1. The highest BCUT2D eigenvalue weighted by Crippen LogP contribution is 2.41. The van der Waals surface area contributed by atoms with Crippen molar-refractivity contribution in [2.24, 2.45) is 0 Å². The van der Waals surface area contributed by atoms with Gasteiger partial charge in [0.1, 0.15) is 5.54 Å². The summed E-state index contributed by atoms with van der Waals surface area (Å²) in [5.41, 5.74) is -0.246. The van der Waals surface area contributed by atoms with E-state index < -0.39 is 0 Å². The molecular weight excluding hydrogens is 216 g/mol. The monoisotopic (exact) mass is 238 g/mol. The number of amides is 1. The first-order chi connectivity index (χ1) is 8.28. The van der Waals surface area contributed by atoms with Crippen molar-refractivity contribution in [3.8, 4) is 0 Å². The zero-order valence-electron chi connectivity index (χ0n) is 10.4. The molecule has 2 aliphatic heterocycles. The first-order valence-electron chi connectivity index (χ1n) is 6.95. The molecule has 1 spiro atoms. The predicted octanol–water partition coefficient (Wildman–Crippen LogP) is 0.598. The summed E-state index contributed by atoms with van der Waals surface area (Å²) in [6, 6.07) is 0.538. The number of carbonyl (C=O) groups is 1. The number of nitrogens with zero attached hydrogens (tertiary/aromatic N) is 2. The molecule has 0 radical (unpaired) electrons. The Morgan fingerprint density at radius 1 is 1.24 bits per heavy atom. The van der Waals surface area contributed by atoms with Crippen LogP contribution in [0.1, 0.15) is 38.5 Å². The van der Waals surface area contributed by atoms with Gasteiger partial charge in [0, 0.05) is 19.1 Å². The maximum absolute atomic E-state index is 12.7. The van der Waals surface area contributed by atoms with Crippen LogP contribution < -0.4 is 0 Å². The minimum Gasteiger partial charge on any atom is -0.395 e. The molecule has 2 heterocycles. The van der Waals surface area contributed by atoms with Crippen molar-refractivity contribution in [3.05, 3.63) is 0 Å². The fourth-order valence-electron chi connectivity index (χ4n) is 3.66. The standard InChI is InChI=1S/C13H22N2O2/c16-10-9-14-7-1-5-13(14)6-2-8-15(12(13)17)11-3-4-11/h11,16H,1-10H2. The van der Waals surface area contributed by atoms with Crippen molar-refractivity contribution >= 4 is 5.91 Å². The molecule has 1 N–H and O–H groups in total. The van der Waals surface area contributed by atoms with Crippen LogP contribution >= 0.6 is 0 Å². The quantitative estimate of drug-likeness (QED) is 0.783. The van der Waals surface area contributed by atoms with E-state index in [1.165, 1.54) is 12.8 Å². The number of likely N-dealkylation sites (tertiary alicyclic amines) is 2. The molecule has 3 fully saturated rings. The second-order valence-corrected chi connectivity index (χ2v) is 5.68. The lowest BCUT2D eigenvalue weighted by Crippen LogP contribution is -2.60. The van der Waals surface area contributed by atoms with E-state index in [9.17, 15) is 4.79 Å². The average Bonchev–Trinajstić information content (AvgIpc) is 3.09. The van der Waals surface area contributed by atoms with Crippen molar-refractivity contribution < 1.29 is 9.90 Å². The summed E-state index contributed by atoms with van der Waals surface area (Å²) in [5.74, 6) is 0.359. The number of carbonyl (C=O) groups excluding carboxylic acids is 1. The first kappa shape index (κ1) is 11.5. The van der Waals surface area contributed by atoms with E-state index in [0.29, 0.717) is 18.5 Å². The highest BCUT2D eigenvalue weighted by atomic mass is 16.3. The summed E-state index contributed by atoms with van der Waals surface area (Å²) in [6.07, 6.45) is 6.61. The molecule has 3 rings (SSSR count). The molecule has 1 atom stereocenters. The first-order valence-corrected chi connectivity index (χ1v) is 6.95. The van der Waals surface area contributed by atoms with Gasteiger partial charge >= 0.3 is 0 Å². The van der Waals surface area contributed by atoms with E-state index in [2.05, 4.69) is 9.80 Å². The summed E-state index contributed by atoms with van der Waals surface area (Å²) in [7, 11) is 0. The Hall–Kier alpha value is -0.610. The lowest BCUT2D eigenvalue weighted by Gasteiger charge is -2.44. The van der Waals surface area contributed by atoms with Crippen LogP contribution in [0.4, 0.5) is 0 Å². The Balaban J connectivity index is 1.81. The Labute approximate surface area is 103 Å². The number of β-amino-alcohol motifs (C(OH)–C–C–N with tert-alkyl or cyclic N) is 1. The van der Waals surface area contributed by atoms with Crippen LogP contribution in [-0.4, -0.2) is 58.6 Å². The maximum Gasteiger partial charge on any atom is 0.243 e. The number of hydrogen-bond acceptors (Lipinski definition) is 3. The van der Waals surface area contributed by atoms with Crippen molar-refractivity contribution in [1.82, 2.24) is 9.80 Å². The zero-order valence-corrected chi connectivity index (χ0v) is 10.4. The molecule has 17 heavy (non-hydrogen) atoms. The van der Waals surface area contributed by atoms with Gasteiger partial charge in [0.2, 0.25) is 5.91 Å². The molecule has 0 aromatic carbocycles. The van der Waals surface area contributed by atoms with Crippen molar-refractivity contribution in [2.75, 3.05) is 26.2 Å². The molecule has 0 aromatic rings. The summed E-state index contributed by atoms with van der Waals surface area (Å²) >= 11 is 0. The largest absolute Gasteiger partial charge is 0.395 e. The van der Waals surface area contributed by atoms with E-state index in [0.717, 1.165) is 38.8 Å². The van der Waals surface area contributed by atoms with Gasteiger partial charge in [-0.3, -0.25) is 9.69 Å². The van der Waals surface area contributed by atoms with Gasteiger partial charge in [0.25, 0.3) is 0 Å². The Kier molecular flexibility index (Phi) is 2.87. The average molecular weight is 238 g/mol. The molecule has 2 saturated heterocycles.